The molecule has 90 valence electrons. The van der Waals surface area contributed by atoms with Gasteiger partial charge in [-0.1, -0.05) is 0 Å². The summed E-state index contributed by atoms with van der Waals surface area (Å²) in [5.41, 5.74) is 7.59. The molecular weight excluding hydrogens is 202 g/mol. The van der Waals surface area contributed by atoms with Gasteiger partial charge in [0.15, 0.2) is 0 Å². The summed E-state index contributed by atoms with van der Waals surface area (Å²) >= 11 is 0. The molecule has 0 saturated heterocycles. The van der Waals surface area contributed by atoms with Gasteiger partial charge in [0.2, 0.25) is 0 Å². The van der Waals surface area contributed by atoms with Crippen LogP contribution < -0.4 is 15.8 Å². The second-order valence-corrected chi connectivity index (χ2v) is 4.26. The van der Waals surface area contributed by atoms with Gasteiger partial charge >= 0.3 is 0 Å². The molecule has 0 aliphatic rings. The van der Waals surface area contributed by atoms with Gasteiger partial charge in [-0.15, -0.1) is 0 Å². The Labute approximate surface area is 97.4 Å². The summed E-state index contributed by atoms with van der Waals surface area (Å²) in [6, 6.07) is 6.03. The third-order valence-corrected chi connectivity index (χ3v) is 2.30. The minimum atomic E-state index is 0.352. The Bertz CT molecular complexity index is 339. The zero-order chi connectivity index (χ0) is 12.1. The van der Waals surface area contributed by atoms with Crippen LogP contribution in [-0.2, 0) is 0 Å². The SMILES string of the molecule is COc1ccc(NC(C)CN(C)C)c(N)c1. The van der Waals surface area contributed by atoms with Crippen molar-refractivity contribution in [2.24, 2.45) is 0 Å². The number of nitrogen functional groups attached to an aromatic ring is 1. The quantitative estimate of drug-likeness (QED) is 0.745. The molecule has 0 saturated carbocycles. The van der Waals surface area contributed by atoms with Crippen LogP contribution in [0.2, 0.25) is 0 Å². The molecule has 0 amide bonds. The third kappa shape index (κ3) is 3.62. The van der Waals surface area contributed by atoms with Crippen molar-refractivity contribution >= 4 is 11.4 Å². The number of ether oxygens (including phenoxy) is 1. The van der Waals surface area contributed by atoms with E-state index in [1.165, 1.54) is 0 Å². The van der Waals surface area contributed by atoms with Gasteiger partial charge in [-0.2, -0.15) is 0 Å². The molecule has 1 unspecified atom stereocenters. The lowest BCUT2D eigenvalue weighted by Gasteiger charge is -2.20. The Morgan fingerprint density at radius 2 is 2.12 bits per heavy atom. The summed E-state index contributed by atoms with van der Waals surface area (Å²) < 4.78 is 5.10. The predicted molar refractivity (Wildman–Crippen MR) is 69.0 cm³/mol. The van der Waals surface area contributed by atoms with E-state index in [4.69, 9.17) is 10.5 Å². The van der Waals surface area contributed by atoms with E-state index in [0.717, 1.165) is 18.0 Å². The van der Waals surface area contributed by atoms with Gasteiger partial charge in [0.25, 0.3) is 0 Å². The standard InChI is InChI=1S/C12H21N3O/c1-9(8-15(2)3)14-12-6-5-10(16-4)7-11(12)13/h5-7,9,14H,8,13H2,1-4H3. The molecule has 1 rings (SSSR count). The van der Waals surface area contributed by atoms with Crippen LogP contribution in [0.1, 0.15) is 6.92 Å². The molecule has 0 bridgehead atoms. The summed E-state index contributed by atoms with van der Waals surface area (Å²) in [6.07, 6.45) is 0. The summed E-state index contributed by atoms with van der Waals surface area (Å²) in [6.45, 7) is 3.09. The number of nitrogens with one attached hydrogen (secondary N) is 1. The molecule has 1 atom stereocenters. The van der Waals surface area contributed by atoms with E-state index in [1.54, 1.807) is 7.11 Å². The fourth-order valence-corrected chi connectivity index (χ4v) is 1.66. The van der Waals surface area contributed by atoms with Gasteiger partial charge in [-0.3, -0.25) is 0 Å². The van der Waals surface area contributed by atoms with Crippen molar-refractivity contribution in [1.29, 1.82) is 0 Å². The van der Waals surface area contributed by atoms with Gasteiger partial charge in [-0.25, -0.2) is 0 Å². The first kappa shape index (κ1) is 12.6. The van der Waals surface area contributed by atoms with Crippen LogP contribution in [-0.4, -0.2) is 38.7 Å². The lowest BCUT2D eigenvalue weighted by atomic mass is 10.2. The zero-order valence-corrected chi connectivity index (χ0v) is 10.4. The van der Waals surface area contributed by atoms with E-state index in [0.29, 0.717) is 11.7 Å². The van der Waals surface area contributed by atoms with E-state index in [1.807, 2.05) is 18.2 Å². The number of benzene rings is 1. The average Bonchev–Trinajstić information content (AvgIpc) is 2.19. The maximum Gasteiger partial charge on any atom is 0.121 e. The van der Waals surface area contributed by atoms with E-state index < -0.39 is 0 Å². The molecule has 0 aliphatic carbocycles. The second-order valence-electron chi connectivity index (χ2n) is 4.26. The largest absolute Gasteiger partial charge is 0.497 e. The number of likely N-dealkylation sites (N-methyl/N-ethyl adjacent to an activating group) is 1. The Kier molecular flexibility index (Phi) is 4.43. The Morgan fingerprint density at radius 3 is 2.62 bits per heavy atom. The predicted octanol–water partition coefficient (Wildman–Crippen LogP) is 1.64. The first-order chi connectivity index (χ1) is 7.52. The van der Waals surface area contributed by atoms with Crippen LogP contribution in [0.3, 0.4) is 0 Å². The van der Waals surface area contributed by atoms with Crippen LogP contribution in [0.5, 0.6) is 5.75 Å². The minimum Gasteiger partial charge on any atom is -0.497 e. The molecule has 1 aromatic carbocycles. The number of methoxy groups -OCH3 is 1. The molecule has 0 aromatic heterocycles. The van der Waals surface area contributed by atoms with E-state index >= 15 is 0 Å². The van der Waals surface area contributed by atoms with E-state index in [9.17, 15) is 0 Å². The maximum absolute atomic E-state index is 5.92. The summed E-state index contributed by atoms with van der Waals surface area (Å²) in [7, 11) is 5.74. The van der Waals surface area contributed by atoms with Crippen LogP contribution in [0, 0.1) is 0 Å². The van der Waals surface area contributed by atoms with Crippen molar-refractivity contribution in [1.82, 2.24) is 4.90 Å². The number of rotatable bonds is 5. The molecule has 4 heteroatoms. The smallest absolute Gasteiger partial charge is 0.121 e. The van der Waals surface area contributed by atoms with Gasteiger partial charge in [-0.05, 0) is 33.2 Å². The van der Waals surface area contributed by atoms with E-state index in [-0.39, 0.29) is 0 Å². The lowest BCUT2D eigenvalue weighted by Crippen LogP contribution is -2.29. The zero-order valence-electron chi connectivity index (χ0n) is 10.4. The third-order valence-electron chi connectivity index (χ3n) is 2.30. The fourth-order valence-electron chi connectivity index (χ4n) is 1.66. The number of anilines is 2. The Hall–Kier alpha value is -1.42. The molecule has 1 aromatic rings. The normalized spacial score (nSPS) is 12.6. The highest BCUT2D eigenvalue weighted by molar-refractivity contribution is 5.68. The van der Waals surface area contributed by atoms with Crippen LogP contribution >= 0.6 is 0 Å². The van der Waals surface area contributed by atoms with Crippen molar-refractivity contribution in [2.75, 3.05) is 38.8 Å². The van der Waals surface area contributed by atoms with Crippen molar-refractivity contribution in [3.05, 3.63) is 18.2 Å². The summed E-state index contributed by atoms with van der Waals surface area (Å²) in [4.78, 5) is 2.14. The van der Waals surface area contributed by atoms with Crippen LogP contribution in [0.4, 0.5) is 11.4 Å². The Morgan fingerprint density at radius 1 is 1.44 bits per heavy atom. The van der Waals surface area contributed by atoms with Crippen molar-refractivity contribution in [3.8, 4) is 5.75 Å². The van der Waals surface area contributed by atoms with Gasteiger partial charge in [0.05, 0.1) is 18.5 Å². The molecule has 4 nitrogen and oxygen atoms in total. The molecule has 0 fully saturated rings. The molecule has 3 N–H and O–H groups in total. The van der Waals surface area contributed by atoms with E-state index in [2.05, 4.69) is 31.2 Å². The number of hydrogen-bond acceptors (Lipinski definition) is 4. The monoisotopic (exact) mass is 223 g/mol. The first-order valence-electron chi connectivity index (χ1n) is 5.37. The number of hydrogen-bond donors (Lipinski definition) is 2. The van der Waals surface area contributed by atoms with Gasteiger partial charge < -0.3 is 20.7 Å². The van der Waals surface area contributed by atoms with Gasteiger partial charge in [0, 0.05) is 18.7 Å². The van der Waals surface area contributed by atoms with Gasteiger partial charge in [0.1, 0.15) is 5.75 Å². The molecule has 16 heavy (non-hydrogen) atoms. The Balaban J connectivity index is 2.66. The molecule has 0 heterocycles. The highest BCUT2D eigenvalue weighted by Gasteiger charge is 2.06. The second kappa shape index (κ2) is 5.61. The summed E-state index contributed by atoms with van der Waals surface area (Å²) in [5.74, 6) is 0.781. The topological polar surface area (TPSA) is 50.5 Å². The molecule has 0 spiro atoms. The first-order valence-corrected chi connectivity index (χ1v) is 5.37. The lowest BCUT2D eigenvalue weighted by molar-refractivity contribution is 0.392. The van der Waals surface area contributed by atoms with Crippen molar-refractivity contribution < 1.29 is 4.74 Å². The number of nitrogens with two attached hydrogens (primary N) is 1. The number of nitrogens with zero attached hydrogens (tertiary/aromatic N) is 1. The molecule has 0 aliphatic heterocycles. The van der Waals surface area contributed by atoms with Crippen molar-refractivity contribution in [2.45, 2.75) is 13.0 Å². The molecular formula is C12H21N3O. The average molecular weight is 223 g/mol. The minimum absolute atomic E-state index is 0.352. The highest BCUT2D eigenvalue weighted by Crippen LogP contribution is 2.24. The van der Waals surface area contributed by atoms with Crippen LogP contribution in [0.15, 0.2) is 18.2 Å². The maximum atomic E-state index is 5.92. The van der Waals surface area contributed by atoms with Crippen LogP contribution in [0.25, 0.3) is 0 Å². The fraction of sp³-hybridized carbons (Fsp3) is 0.500. The summed E-state index contributed by atoms with van der Waals surface area (Å²) in [5, 5.41) is 3.37. The highest BCUT2D eigenvalue weighted by atomic mass is 16.5. The van der Waals surface area contributed by atoms with Crippen molar-refractivity contribution in [3.63, 3.8) is 0 Å². The molecule has 0 radical (unpaired) electrons.